The van der Waals surface area contributed by atoms with Gasteiger partial charge in [0.1, 0.15) is 0 Å². The zero-order valence-electron chi connectivity index (χ0n) is 16.5. The zero-order chi connectivity index (χ0) is 18.5. The summed E-state index contributed by atoms with van der Waals surface area (Å²) < 4.78 is 6.13. The lowest BCUT2D eigenvalue weighted by Crippen LogP contribution is -2.39. The predicted molar refractivity (Wildman–Crippen MR) is 107 cm³/mol. The molecule has 1 saturated carbocycles. The number of benzene rings is 1. The molecule has 148 valence electrons. The van der Waals surface area contributed by atoms with E-state index < -0.39 is 0 Å². The molecule has 1 aliphatic carbocycles. The number of likely N-dealkylation sites (tertiary alicyclic amines) is 1. The molecule has 4 rings (SSSR count). The van der Waals surface area contributed by atoms with Crippen molar-refractivity contribution in [3.8, 4) is 0 Å². The standard InChI is InChI=1S/C23H34N2O2/c26-22(24-21-16-23(27-18-21)11-5-2-6-12-23)15-19-9-13-25(14-10-19)17-20-7-3-1-4-8-20/h1,3-4,7-8,19,21H,2,5-6,9-18H2,(H,24,26)/t21-/m1/s1. The van der Waals surface area contributed by atoms with Crippen LogP contribution in [0.25, 0.3) is 0 Å². The molecular weight excluding hydrogens is 336 g/mol. The number of piperidine rings is 1. The summed E-state index contributed by atoms with van der Waals surface area (Å²) in [5.41, 5.74) is 1.46. The predicted octanol–water partition coefficient (Wildman–Crippen LogP) is 3.90. The molecule has 27 heavy (non-hydrogen) atoms. The number of nitrogens with one attached hydrogen (secondary N) is 1. The van der Waals surface area contributed by atoms with Crippen molar-refractivity contribution in [1.29, 1.82) is 0 Å². The van der Waals surface area contributed by atoms with Gasteiger partial charge in [-0.1, -0.05) is 49.6 Å². The second kappa shape index (κ2) is 8.74. The Morgan fingerprint density at radius 1 is 1.11 bits per heavy atom. The van der Waals surface area contributed by atoms with Gasteiger partial charge in [0.15, 0.2) is 0 Å². The number of carbonyl (C=O) groups is 1. The second-order valence-corrected chi connectivity index (χ2v) is 8.93. The molecule has 1 aromatic rings. The number of hydrogen-bond donors (Lipinski definition) is 1. The fourth-order valence-corrected chi connectivity index (χ4v) is 5.22. The zero-order valence-corrected chi connectivity index (χ0v) is 16.5. The SMILES string of the molecule is O=C(CC1CCN(Cc2ccccc2)CC1)N[C@H]1COC2(CCCCC2)C1. The van der Waals surface area contributed by atoms with Gasteiger partial charge in [-0.2, -0.15) is 0 Å². The van der Waals surface area contributed by atoms with E-state index >= 15 is 0 Å². The lowest BCUT2D eigenvalue weighted by atomic mass is 9.82. The number of carbonyl (C=O) groups excluding carboxylic acids is 1. The summed E-state index contributed by atoms with van der Waals surface area (Å²) in [6, 6.07) is 10.9. The minimum Gasteiger partial charge on any atom is -0.373 e. The van der Waals surface area contributed by atoms with Crippen LogP contribution in [-0.4, -0.2) is 42.1 Å². The third kappa shape index (κ3) is 5.11. The van der Waals surface area contributed by atoms with Crippen molar-refractivity contribution in [3.05, 3.63) is 35.9 Å². The number of rotatable bonds is 5. The summed E-state index contributed by atoms with van der Waals surface area (Å²) in [6.45, 7) is 3.94. The topological polar surface area (TPSA) is 41.6 Å². The van der Waals surface area contributed by atoms with Crippen molar-refractivity contribution in [3.63, 3.8) is 0 Å². The summed E-state index contributed by atoms with van der Waals surface area (Å²) in [5.74, 6) is 0.765. The molecule has 2 heterocycles. The molecule has 1 amide bonds. The Morgan fingerprint density at radius 3 is 2.59 bits per heavy atom. The van der Waals surface area contributed by atoms with Gasteiger partial charge in [-0.15, -0.1) is 0 Å². The van der Waals surface area contributed by atoms with E-state index in [1.165, 1.54) is 37.7 Å². The van der Waals surface area contributed by atoms with E-state index in [4.69, 9.17) is 4.74 Å². The van der Waals surface area contributed by atoms with E-state index in [1.807, 2.05) is 0 Å². The fourth-order valence-electron chi connectivity index (χ4n) is 5.22. The summed E-state index contributed by atoms with van der Waals surface area (Å²) in [4.78, 5) is 15.0. The van der Waals surface area contributed by atoms with Crippen LogP contribution >= 0.6 is 0 Å². The van der Waals surface area contributed by atoms with Gasteiger partial charge in [-0.3, -0.25) is 9.69 Å². The van der Waals surface area contributed by atoms with Crippen molar-refractivity contribution in [1.82, 2.24) is 10.2 Å². The maximum Gasteiger partial charge on any atom is 0.220 e. The van der Waals surface area contributed by atoms with Gasteiger partial charge in [-0.25, -0.2) is 0 Å². The van der Waals surface area contributed by atoms with Gasteiger partial charge < -0.3 is 10.1 Å². The van der Waals surface area contributed by atoms with E-state index in [9.17, 15) is 4.79 Å². The van der Waals surface area contributed by atoms with Crippen molar-refractivity contribution in [2.75, 3.05) is 19.7 Å². The third-order valence-electron chi connectivity index (χ3n) is 6.77. The van der Waals surface area contributed by atoms with E-state index in [2.05, 4.69) is 40.5 Å². The number of hydrogen-bond acceptors (Lipinski definition) is 3. The Morgan fingerprint density at radius 2 is 1.85 bits per heavy atom. The van der Waals surface area contributed by atoms with E-state index in [-0.39, 0.29) is 17.6 Å². The van der Waals surface area contributed by atoms with Crippen LogP contribution in [0.5, 0.6) is 0 Å². The lowest BCUT2D eigenvalue weighted by Gasteiger charge is -2.32. The third-order valence-corrected chi connectivity index (χ3v) is 6.77. The first-order chi connectivity index (χ1) is 13.2. The van der Waals surface area contributed by atoms with E-state index in [0.717, 1.165) is 38.9 Å². The van der Waals surface area contributed by atoms with Crippen LogP contribution < -0.4 is 5.32 Å². The van der Waals surface area contributed by atoms with Crippen LogP contribution in [0.4, 0.5) is 0 Å². The smallest absolute Gasteiger partial charge is 0.220 e. The van der Waals surface area contributed by atoms with Gasteiger partial charge in [0.2, 0.25) is 5.91 Å². The molecule has 1 spiro atoms. The maximum atomic E-state index is 12.5. The molecule has 1 atom stereocenters. The molecule has 0 unspecified atom stereocenters. The first-order valence-corrected chi connectivity index (χ1v) is 10.9. The number of nitrogens with zero attached hydrogens (tertiary/aromatic N) is 1. The summed E-state index contributed by atoms with van der Waals surface area (Å²) >= 11 is 0. The van der Waals surface area contributed by atoms with E-state index in [0.29, 0.717) is 18.9 Å². The summed E-state index contributed by atoms with van der Waals surface area (Å²) in [6.07, 6.45) is 10.2. The average Bonchev–Trinajstić information content (AvgIpc) is 3.06. The minimum absolute atomic E-state index is 0.0823. The lowest BCUT2D eigenvalue weighted by molar-refractivity contribution is -0.123. The monoisotopic (exact) mass is 370 g/mol. The van der Waals surface area contributed by atoms with Gasteiger partial charge in [0, 0.05) is 13.0 Å². The van der Waals surface area contributed by atoms with Crippen LogP contribution in [0.3, 0.4) is 0 Å². The first-order valence-electron chi connectivity index (χ1n) is 10.9. The fraction of sp³-hybridized carbons (Fsp3) is 0.696. The Hall–Kier alpha value is -1.39. The maximum absolute atomic E-state index is 12.5. The molecule has 0 bridgehead atoms. The summed E-state index contributed by atoms with van der Waals surface area (Å²) in [5, 5.41) is 3.27. The van der Waals surface area contributed by atoms with Crippen LogP contribution in [0.1, 0.15) is 63.4 Å². The molecule has 2 aliphatic heterocycles. The average molecular weight is 371 g/mol. The Balaban J connectivity index is 1.17. The van der Waals surface area contributed by atoms with Gasteiger partial charge >= 0.3 is 0 Å². The summed E-state index contributed by atoms with van der Waals surface area (Å²) in [7, 11) is 0. The van der Waals surface area contributed by atoms with Crippen LogP contribution in [-0.2, 0) is 16.1 Å². The molecule has 3 aliphatic rings. The molecule has 2 saturated heterocycles. The normalized spacial score (nSPS) is 26.3. The molecule has 0 radical (unpaired) electrons. The molecule has 4 heteroatoms. The molecular formula is C23H34N2O2. The van der Waals surface area contributed by atoms with Crippen molar-refractivity contribution < 1.29 is 9.53 Å². The molecule has 4 nitrogen and oxygen atoms in total. The molecule has 3 fully saturated rings. The Kier molecular flexibility index (Phi) is 6.14. The molecule has 1 N–H and O–H groups in total. The highest BCUT2D eigenvalue weighted by molar-refractivity contribution is 5.76. The van der Waals surface area contributed by atoms with Crippen molar-refractivity contribution >= 4 is 5.91 Å². The van der Waals surface area contributed by atoms with Gasteiger partial charge in [0.05, 0.1) is 18.2 Å². The van der Waals surface area contributed by atoms with E-state index in [1.54, 1.807) is 0 Å². The number of ether oxygens (including phenoxy) is 1. The van der Waals surface area contributed by atoms with Gasteiger partial charge in [-0.05, 0) is 56.7 Å². The van der Waals surface area contributed by atoms with Gasteiger partial charge in [0.25, 0.3) is 0 Å². The quantitative estimate of drug-likeness (QED) is 0.855. The molecule has 1 aromatic carbocycles. The highest BCUT2D eigenvalue weighted by atomic mass is 16.5. The highest BCUT2D eigenvalue weighted by Crippen LogP contribution is 2.39. The van der Waals surface area contributed by atoms with Crippen LogP contribution in [0.2, 0.25) is 0 Å². The second-order valence-electron chi connectivity index (χ2n) is 8.93. The largest absolute Gasteiger partial charge is 0.373 e. The highest BCUT2D eigenvalue weighted by Gasteiger charge is 2.41. The minimum atomic E-state index is 0.0823. The molecule has 0 aromatic heterocycles. The Bertz CT molecular complexity index is 604. The van der Waals surface area contributed by atoms with Crippen LogP contribution in [0, 0.1) is 5.92 Å². The van der Waals surface area contributed by atoms with Crippen molar-refractivity contribution in [2.45, 2.75) is 76.0 Å². The van der Waals surface area contributed by atoms with Crippen molar-refractivity contribution in [2.24, 2.45) is 5.92 Å². The Labute approximate surface area is 163 Å². The van der Waals surface area contributed by atoms with Crippen LogP contribution in [0.15, 0.2) is 30.3 Å². The first kappa shape index (κ1) is 18.9. The number of amides is 1.